The Balaban J connectivity index is 1.72. The molecule has 2 fully saturated rings. The van der Waals surface area contributed by atoms with Crippen LogP contribution < -0.4 is 0 Å². The first-order valence-corrected chi connectivity index (χ1v) is 8.14. The molecule has 104 valence electrons. The highest BCUT2D eigenvalue weighted by Gasteiger charge is 2.39. The molecule has 0 bridgehead atoms. The van der Waals surface area contributed by atoms with Crippen LogP contribution in [0.1, 0.15) is 41.6 Å². The molecule has 1 aliphatic carbocycles. The van der Waals surface area contributed by atoms with Gasteiger partial charge in [0.15, 0.2) is 0 Å². The van der Waals surface area contributed by atoms with Crippen LogP contribution in [0.25, 0.3) is 0 Å². The smallest absolute Gasteiger partial charge is 0.253 e. The van der Waals surface area contributed by atoms with Gasteiger partial charge in [-0.25, -0.2) is 0 Å². The summed E-state index contributed by atoms with van der Waals surface area (Å²) in [6, 6.07) is 9.11. The lowest BCUT2D eigenvalue weighted by molar-refractivity contribution is 0.0759. The third kappa shape index (κ3) is 2.55. The predicted molar refractivity (Wildman–Crippen MR) is 80.7 cm³/mol. The summed E-state index contributed by atoms with van der Waals surface area (Å²) in [6.07, 6.45) is 5.07. The maximum atomic E-state index is 12.5. The van der Waals surface area contributed by atoms with Crippen LogP contribution >= 0.6 is 11.8 Å². The van der Waals surface area contributed by atoms with E-state index >= 15 is 0 Å². The van der Waals surface area contributed by atoms with Crippen LogP contribution in [0, 0.1) is 11.3 Å². The van der Waals surface area contributed by atoms with E-state index in [2.05, 4.69) is 17.8 Å². The zero-order valence-corrected chi connectivity index (χ0v) is 12.3. The maximum Gasteiger partial charge on any atom is 0.253 e. The Kier molecular flexibility index (Phi) is 3.71. The van der Waals surface area contributed by atoms with Gasteiger partial charge in [-0.3, -0.25) is 4.79 Å². The van der Waals surface area contributed by atoms with E-state index in [9.17, 15) is 4.79 Å². The van der Waals surface area contributed by atoms with Crippen LogP contribution in [0.15, 0.2) is 24.3 Å². The van der Waals surface area contributed by atoms with E-state index in [1.807, 2.05) is 4.90 Å². The molecular formula is C16H18N2OS. The van der Waals surface area contributed by atoms with Crippen molar-refractivity contribution in [1.82, 2.24) is 4.90 Å². The van der Waals surface area contributed by atoms with E-state index in [0.29, 0.717) is 15.9 Å². The van der Waals surface area contributed by atoms with E-state index in [1.165, 1.54) is 19.3 Å². The molecule has 1 saturated heterocycles. The van der Waals surface area contributed by atoms with E-state index in [1.54, 1.807) is 24.3 Å². The molecule has 0 atom stereocenters. The lowest BCUT2D eigenvalue weighted by Crippen LogP contribution is -2.37. The third-order valence-corrected chi connectivity index (χ3v) is 6.01. The standard InChI is InChI=1S/C16H18N2OS/c17-12-13-3-1-4-14(11-13)15(19)18-8-7-16(5-2-6-16)20-10-9-18/h1,3-4,11H,2,5-10H2. The number of carbonyl (C=O) groups excluding carboxylic acids is 1. The summed E-state index contributed by atoms with van der Waals surface area (Å²) in [7, 11) is 0. The van der Waals surface area contributed by atoms with E-state index in [4.69, 9.17) is 5.26 Å². The van der Waals surface area contributed by atoms with Gasteiger partial charge in [0.2, 0.25) is 0 Å². The highest BCUT2D eigenvalue weighted by atomic mass is 32.2. The predicted octanol–water partition coefficient (Wildman–Crippen LogP) is 3.06. The van der Waals surface area contributed by atoms with Gasteiger partial charge in [-0.2, -0.15) is 17.0 Å². The van der Waals surface area contributed by atoms with Crippen LogP contribution in [0.2, 0.25) is 0 Å². The van der Waals surface area contributed by atoms with Crippen LogP contribution in [0.4, 0.5) is 0 Å². The lowest BCUT2D eigenvalue weighted by Gasteiger charge is -2.40. The number of nitriles is 1. The quantitative estimate of drug-likeness (QED) is 0.797. The fourth-order valence-corrected chi connectivity index (χ4v) is 4.53. The van der Waals surface area contributed by atoms with Gasteiger partial charge in [0.25, 0.3) is 5.91 Å². The monoisotopic (exact) mass is 286 g/mol. The number of rotatable bonds is 1. The fourth-order valence-electron chi connectivity index (χ4n) is 2.97. The van der Waals surface area contributed by atoms with Crippen LogP contribution in [-0.4, -0.2) is 34.4 Å². The first-order chi connectivity index (χ1) is 9.72. The Bertz CT molecular complexity index is 560. The van der Waals surface area contributed by atoms with E-state index in [-0.39, 0.29) is 5.91 Å². The van der Waals surface area contributed by atoms with Crippen LogP contribution in [0.3, 0.4) is 0 Å². The Morgan fingerprint density at radius 1 is 1.30 bits per heavy atom. The number of carbonyl (C=O) groups is 1. The number of thioether (sulfide) groups is 1. The molecule has 0 N–H and O–H groups in total. The first-order valence-electron chi connectivity index (χ1n) is 7.16. The average molecular weight is 286 g/mol. The minimum absolute atomic E-state index is 0.0686. The molecule has 0 radical (unpaired) electrons. The van der Waals surface area contributed by atoms with Gasteiger partial charge < -0.3 is 4.90 Å². The minimum atomic E-state index is 0.0686. The second kappa shape index (κ2) is 5.49. The molecule has 20 heavy (non-hydrogen) atoms. The normalized spacial score (nSPS) is 20.9. The van der Waals surface area contributed by atoms with Crippen molar-refractivity contribution in [2.45, 2.75) is 30.4 Å². The highest BCUT2D eigenvalue weighted by Crippen LogP contribution is 2.47. The molecule has 1 spiro atoms. The van der Waals surface area contributed by atoms with Gasteiger partial charge in [0.05, 0.1) is 11.6 Å². The zero-order chi connectivity index (χ0) is 14.0. The zero-order valence-electron chi connectivity index (χ0n) is 11.5. The highest BCUT2D eigenvalue weighted by molar-refractivity contribution is 8.00. The van der Waals surface area contributed by atoms with Crippen molar-refractivity contribution in [1.29, 1.82) is 5.26 Å². The summed E-state index contributed by atoms with van der Waals surface area (Å²) >= 11 is 2.05. The molecule has 4 heteroatoms. The largest absolute Gasteiger partial charge is 0.338 e. The second-order valence-electron chi connectivity index (χ2n) is 5.62. The van der Waals surface area contributed by atoms with Gasteiger partial charge in [-0.05, 0) is 37.5 Å². The summed E-state index contributed by atoms with van der Waals surface area (Å²) in [5.74, 6) is 1.10. The molecular weight excluding hydrogens is 268 g/mol. The number of amides is 1. The summed E-state index contributed by atoms with van der Waals surface area (Å²) in [5.41, 5.74) is 1.19. The lowest BCUT2D eigenvalue weighted by atomic mass is 9.81. The third-order valence-electron chi connectivity index (χ3n) is 4.40. The number of nitrogens with zero attached hydrogens (tertiary/aromatic N) is 2. The van der Waals surface area contributed by atoms with Gasteiger partial charge in [0.1, 0.15) is 0 Å². The number of hydrogen-bond acceptors (Lipinski definition) is 3. The van der Waals surface area contributed by atoms with Gasteiger partial charge >= 0.3 is 0 Å². The molecule has 1 heterocycles. The van der Waals surface area contributed by atoms with Crippen LogP contribution in [0.5, 0.6) is 0 Å². The molecule has 3 rings (SSSR count). The topological polar surface area (TPSA) is 44.1 Å². The summed E-state index contributed by atoms with van der Waals surface area (Å²) < 4.78 is 0.462. The Hall–Kier alpha value is -1.47. The van der Waals surface area contributed by atoms with Crippen molar-refractivity contribution < 1.29 is 4.79 Å². The van der Waals surface area contributed by atoms with Crippen molar-refractivity contribution in [2.24, 2.45) is 0 Å². The Morgan fingerprint density at radius 2 is 2.15 bits per heavy atom. The molecule has 2 aliphatic rings. The Morgan fingerprint density at radius 3 is 2.85 bits per heavy atom. The second-order valence-corrected chi connectivity index (χ2v) is 7.18. The number of hydrogen-bond donors (Lipinski definition) is 0. The molecule has 1 aromatic carbocycles. The first kappa shape index (κ1) is 13.5. The average Bonchev–Trinajstić information content (AvgIpc) is 2.69. The minimum Gasteiger partial charge on any atom is -0.338 e. The van der Waals surface area contributed by atoms with Gasteiger partial charge in [0, 0.05) is 29.2 Å². The van der Waals surface area contributed by atoms with Gasteiger partial charge in [-0.1, -0.05) is 12.5 Å². The van der Waals surface area contributed by atoms with E-state index in [0.717, 1.165) is 25.3 Å². The molecule has 3 nitrogen and oxygen atoms in total. The van der Waals surface area contributed by atoms with Crippen molar-refractivity contribution in [2.75, 3.05) is 18.8 Å². The molecule has 1 saturated carbocycles. The number of benzene rings is 1. The molecule has 0 aromatic heterocycles. The van der Waals surface area contributed by atoms with Crippen LogP contribution in [-0.2, 0) is 0 Å². The van der Waals surface area contributed by atoms with Crippen molar-refractivity contribution >= 4 is 17.7 Å². The summed E-state index contributed by atoms with van der Waals surface area (Å²) in [5, 5.41) is 8.93. The SMILES string of the molecule is N#Cc1cccc(C(=O)N2CCSC3(CCC3)CC2)c1. The van der Waals surface area contributed by atoms with Gasteiger partial charge in [-0.15, -0.1) is 0 Å². The fraction of sp³-hybridized carbons (Fsp3) is 0.500. The summed E-state index contributed by atoms with van der Waals surface area (Å²) in [6.45, 7) is 1.67. The van der Waals surface area contributed by atoms with Crippen molar-refractivity contribution in [3.05, 3.63) is 35.4 Å². The summed E-state index contributed by atoms with van der Waals surface area (Å²) in [4.78, 5) is 14.5. The van der Waals surface area contributed by atoms with E-state index < -0.39 is 0 Å². The maximum absolute atomic E-state index is 12.5. The van der Waals surface area contributed by atoms with Crippen molar-refractivity contribution in [3.8, 4) is 6.07 Å². The molecule has 1 amide bonds. The Labute approximate surface area is 124 Å². The molecule has 1 aliphatic heterocycles. The molecule has 0 unspecified atom stereocenters. The molecule has 1 aromatic rings. The van der Waals surface area contributed by atoms with Crippen molar-refractivity contribution in [3.63, 3.8) is 0 Å².